The normalized spacial score (nSPS) is 22.1. The van der Waals surface area contributed by atoms with E-state index in [-0.39, 0.29) is 22.2 Å². The average Bonchev–Trinajstić information content (AvgIpc) is 3.68. The van der Waals surface area contributed by atoms with Gasteiger partial charge in [-0.2, -0.15) is 0 Å². The third kappa shape index (κ3) is 5.57. The first-order chi connectivity index (χ1) is 17.6. The van der Waals surface area contributed by atoms with E-state index in [0.29, 0.717) is 13.2 Å². The minimum absolute atomic E-state index is 0.0153. The van der Waals surface area contributed by atoms with Gasteiger partial charge in [0.15, 0.2) is 0 Å². The molecule has 5 heteroatoms. The van der Waals surface area contributed by atoms with Gasteiger partial charge in [-0.05, 0) is 62.7 Å². The molecule has 192 valence electrons. The number of rotatable bonds is 11. The Morgan fingerprint density at radius 3 is 2.19 bits per heavy atom. The Labute approximate surface area is 215 Å². The standard InChI is InChI=1S/C31H40N2O3/c1-35-25-29(22-32-23-30(15-16-30)27-11-6-3-7-12-27)17-19-33(20-18-29)24-31(13-8-14-31)28(34)36-21-26-9-4-2-5-10-26/h2-7,9-12,22H,8,13-21,23-25H2,1H3. The quantitative estimate of drug-likeness (QED) is 0.313. The van der Waals surface area contributed by atoms with E-state index in [4.69, 9.17) is 14.5 Å². The number of carbonyl (C=O) groups excluding carboxylic acids is 1. The van der Waals surface area contributed by atoms with Crippen molar-refractivity contribution >= 4 is 12.2 Å². The molecule has 2 aromatic carbocycles. The summed E-state index contributed by atoms with van der Waals surface area (Å²) in [4.78, 5) is 20.6. The van der Waals surface area contributed by atoms with E-state index in [1.807, 2.05) is 30.3 Å². The Balaban J connectivity index is 1.15. The smallest absolute Gasteiger partial charge is 0.313 e. The van der Waals surface area contributed by atoms with Crippen molar-refractivity contribution in [1.29, 1.82) is 0 Å². The Bertz CT molecular complexity index is 1020. The van der Waals surface area contributed by atoms with Crippen LogP contribution in [0.3, 0.4) is 0 Å². The summed E-state index contributed by atoms with van der Waals surface area (Å²) in [5.74, 6) is -0.0245. The van der Waals surface area contributed by atoms with Crippen LogP contribution in [0.1, 0.15) is 56.1 Å². The summed E-state index contributed by atoms with van der Waals surface area (Å²) in [5, 5.41) is 0. The van der Waals surface area contributed by atoms with Crippen LogP contribution >= 0.6 is 0 Å². The van der Waals surface area contributed by atoms with E-state index in [0.717, 1.165) is 63.8 Å². The SMILES string of the molecule is COCC1(C=NCC2(c3ccccc3)CC2)CCN(CC2(C(=O)OCc3ccccc3)CCC2)CC1. The molecular formula is C31H40N2O3. The van der Waals surface area contributed by atoms with Crippen LogP contribution in [0.2, 0.25) is 0 Å². The molecule has 0 amide bonds. The van der Waals surface area contributed by atoms with Gasteiger partial charge in [0.1, 0.15) is 6.61 Å². The van der Waals surface area contributed by atoms with Crippen LogP contribution in [0.5, 0.6) is 0 Å². The van der Waals surface area contributed by atoms with Crippen LogP contribution in [-0.4, -0.2) is 57.0 Å². The van der Waals surface area contributed by atoms with Crippen molar-refractivity contribution in [3.8, 4) is 0 Å². The molecule has 0 radical (unpaired) electrons. The van der Waals surface area contributed by atoms with Gasteiger partial charge < -0.3 is 14.4 Å². The summed E-state index contributed by atoms with van der Waals surface area (Å²) in [6.45, 7) is 4.66. The first-order valence-corrected chi connectivity index (χ1v) is 13.6. The Kier molecular flexibility index (Phi) is 7.59. The summed E-state index contributed by atoms with van der Waals surface area (Å²) < 4.78 is 11.4. The minimum atomic E-state index is -0.335. The summed E-state index contributed by atoms with van der Waals surface area (Å²) in [5.41, 5.74) is 2.35. The maximum atomic E-state index is 13.1. The topological polar surface area (TPSA) is 51.1 Å². The molecule has 0 bridgehead atoms. The van der Waals surface area contributed by atoms with E-state index in [9.17, 15) is 4.79 Å². The highest BCUT2D eigenvalue weighted by atomic mass is 16.5. The number of ether oxygens (including phenoxy) is 2. The van der Waals surface area contributed by atoms with Crippen molar-refractivity contribution in [2.24, 2.45) is 15.8 Å². The van der Waals surface area contributed by atoms with E-state index in [2.05, 4.69) is 41.4 Å². The molecule has 3 fully saturated rings. The number of methoxy groups -OCH3 is 1. The first-order valence-electron chi connectivity index (χ1n) is 13.6. The summed E-state index contributed by atoms with van der Waals surface area (Å²) >= 11 is 0. The van der Waals surface area contributed by atoms with E-state index >= 15 is 0 Å². The number of hydrogen-bond donors (Lipinski definition) is 0. The van der Waals surface area contributed by atoms with Gasteiger partial charge in [0, 0.05) is 37.2 Å². The summed E-state index contributed by atoms with van der Waals surface area (Å²) in [6, 6.07) is 20.8. The molecule has 1 heterocycles. The van der Waals surface area contributed by atoms with Crippen molar-refractivity contribution in [1.82, 2.24) is 4.90 Å². The molecule has 3 aliphatic rings. The second-order valence-corrected chi connectivity index (χ2v) is 11.4. The second kappa shape index (κ2) is 10.9. The molecule has 5 nitrogen and oxygen atoms in total. The van der Waals surface area contributed by atoms with Gasteiger partial charge in [0.05, 0.1) is 12.0 Å². The fourth-order valence-electron chi connectivity index (χ4n) is 5.98. The van der Waals surface area contributed by atoms with Crippen LogP contribution < -0.4 is 0 Å². The van der Waals surface area contributed by atoms with Crippen LogP contribution in [0.4, 0.5) is 0 Å². The Morgan fingerprint density at radius 1 is 0.944 bits per heavy atom. The van der Waals surface area contributed by atoms with Gasteiger partial charge in [-0.25, -0.2) is 0 Å². The monoisotopic (exact) mass is 488 g/mol. The largest absolute Gasteiger partial charge is 0.460 e. The predicted octanol–water partition coefficient (Wildman–Crippen LogP) is 5.43. The number of piperidine rings is 1. The molecule has 0 aromatic heterocycles. The lowest BCUT2D eigenvalue weighted by Crippen LogP contribution is -2.52. The lowest BCUT2D eigenvalue weighted by molar-refractivity contribution is -0.165. The van der Waals surface area contributed by atoms with Gasteiger partial charge in [-0.15, -0.1) is 0 Å². The van der Waals surface area contributed by atoms with Crippen LogP contribution in [-0.2, 0) is 26.3 Å². The number of esters is 1. The first kappa shape index (κ1) is 25.2. The molecule has 0 N–H and O–H groups in total. The highest BCUT2D eigenvalue weighted by Gasteiger charge is 2.48. The molecule has 0 unspecified atom stereocenters. The highest BCUT2D eigenvalue weighted by molar-refractivity contribution is 5.78. The molecule has 2 aliphatic carbocycles. The van der Waals surface area contributed by atoms with Crippen molar-refractivity contribution in [2.75, 3.05) is 39.9 Å². The van der Waals surface area contributed by atoms with Crippen molar-refractivity contribution in [2.45, 2.75) is 57.0 Å². The molecular weight excluding hydrogens is 448 g/mol. The molecule has 1 aliphatic heterocycles. The lowest BCUT2D eigenvalue weighted by atomic mass is 9.68. The zero-order valence-corrected chi connectivity index (χ0v) is 21.7. The van der Waals surface area contributed by atoms with E-state index < -0.39 is 0 Å². The molecule has 36 heavy (non-hydrogen) atoms. The van der Waals surface area contributed by atoms with Crippen LogP contribution in [0.15, 0.2) is 65.7 Å². The number of likely N-dealkylation sites (tertiary alicyclic amines) is 1. The van der Waals surface area contributed by atoms with Crippen LogP contribution in [0.25, 0.3) is 0 Å². The Morgan fingerprint density at radius 2 is 1.61 bits per heavy atom. The zero-order valence-electron chi connectivity index (χ0n) is 21.7. The number of aliphatic imine (C=N–C) groups is 1. The third-order valence-electron chi connectivity index (χ3n) is 8.77. The maximum Gasteiger partial charge on any atom is 0.313 e. The molecule has 0 spiro atoms. The number of hydrogen-bond acceptors (Lipinski definition) is 5. The third-order valence-corrected chi connectivity index (χ3v) is 8.77. The average molecular weight is 489 g/mol. The van der Waals surface area contributed by atoms with Gasteiger partial charge in [0.25, 0.3) is 0 Å². The predicted molar refractivity (Wildman–Crippen MR) is 143 cm³/mol. The van der Waals surface area contributed by atoms with Gasteiger partial charge >= 0.3 is 5.97 Å². The summed E-state index contributed by atoms with van der Waals surface area (Å²) in [7, 11) is 1.79. The second-order valence-electron chi connectivity index (χ2n) is 11.4. The fraction of sp³-hybridized carbons (Fsp3) is 0.548. The highest BCUT2D eigenvalue weighted by Crippen LogP contribution is 2.48. The molecule has 0 atom stereocenters. The van der Waals surface area contributed by atoms with E-state index in [1.165, 1.54) is 18.4 Å². The summed E-state index contributed by atoms with van der Waals surface area (Å²) in [6.07, 6.45) is 9.66. The number of nitrogens with zero attached hydrogens (tertiary/aromatic N) is 2. The zero-order chi connectivity index (χ0) is 24.9. The lowest BCUT2D eigenvalue weighted by Gasteiger charge is -2.46. The number of carbonyl (C=O) groups is 1. The fourth-order valence-corrected chi connectivity index (χ4v) is 5.98. The van der Waals surface area contributed by atoms with Gasteiger partial charge in [-0.1, -0.05) is 67.1 Å². The van der Waals surface area contributed by atoms with Crippen LogP contribution in [0, 0.1) is 10.8 Å². The molecule has 1 saturated heterocycles. The molecule has 2 aromatic rings. The maximum absolute atomic E-state index is 13.1. The molecule has 5 rings (SSSR count). The molecule has 2 saturated carbocycles. The van der Waals surface area contributed by atoms with Gasteiger partial charge in [-0.3, -0.25) is 9.79 Å². The van der Waals surface area contributed by atoms with E-state index in [1.54, 1.807) is 7.11 Å². The van der Waals surface area contributed by atoms with Crippen molar-refractivity contribution < 1.29 is 14.3 Å². The number of benzene rings is 2. The van der Waals surface area contributed by atoms with Crippen molar-refractivity contribution in [3.63, 3.8) is 0 Å². The Hall–Kier alpha value is -2.50. The minimum Gasteiger partial charge on any atom is -0.460 e. The van der Waals surface area contributed by atoms with Crippen molar-refractivity contribution in [3.05, 3.63) is 71.8 Å². The van der Waals surface area contributed by atoms with Gasteiger partial charge in [0.2, 0.25) is 0 Å².